The molecule has 1 amide bonds. The summed E-state index contributed by atoms with van der Waals surface area (Å²) in [6, 6.07) is 4.24. The summed E-state index contributed by atoms with van der Waals surface area (Å²) in [5, 5.41) is 0. The third kappa shape index (κ3) is 15.0. The number of primary amides is 1. The number of nitrogens with two attached hydrogens (primary N) is 1. The highest BCUT2D eigenvalue weighted by atomic mass is 19.1. The molecule has 22 heavy (non-hydrogen) atoms. The van der Waals surface area contributed by atoms with Gasteiger partial charge >= 0.3 is 0 Å². The van der Waals surface area contributed by atoms with E-state index in [2.05, 4.69) is 25.9 Å². The van der Waals surface area contributed by atoms with Crippen LogP contribution < -0.4 is 5.73 Å². The number of hydrogen-bond acceptors (Lipinski definition) is 2. The van der Waals surface area contributed by atoms with Crippen LogP contribution in [0.15, 0.2) is 18.2 Å². The van der Waals surface area contributed by atoms with E-state index < -0.39 is 11.7 Å². The predicted molar refractivity (Wildman–Crippen MR) is 95.8 cm³/mol. The summed E-state index contributed by atoms with van der Waals surface area (Å²) in [5.74, 6) is -1.30. The van der Waals surface area contributed by atoms with Crippen LogP contribution in [0.5, 0.6) is 0 Å². The van der Waals surface area contributed by atoms with Crippen molar-refractivity contribution in [3.05, 3.63) is 35.1 Å². The van der Waals surface area contributed by atoms with Gasteiger partial charge in [-0.15, -0.1) is 0 Å². The molecule has 4 heteroatoms. The lowest BCUT2D eigenvalue weighted by molar-refractivity contribution is 0.0996. The largest absolute Gasteiger partial charge is 0.366 e. The molecule has 0 bridgehead atoms. The Morgan fingerprint density at radius 3 is 1.95 bits per heavy atom. The Morgan fingerprint density at radius 1 is 1.18 bits per heavy atom. The lowest BCUT2D eigenvalue weighted by Crippen LogP contribution is -2.13. The van der Waals surface area contributed by atoms with Crippen molar-refractivity contribution in [1.82, 2.24) is 4.90 Å². The molecule has 0 aliphatic heterocycles. The minimum absolute atomic E-state index is 0.0509. The van der Waals surface area contributed by atoms with Gasteiger partial charge in [0.15, 0.2) is 0 Å². The molecular weight excluding hydrogens is 279 g/mol. The summed E-state index contributed by atoms with van der Waals surface area (Å²) in [6.45, 7) is 13.2. The Balaban J connectivity index is -0.000000285. The first-order valence-electron chi connectivity index (χ1n) is 8.09. The lowest BCUT2D eigenvalue weighted by Gasteiger charge is -2.05. The predicted octanol–water partition coefficient (Wildman–Crippen LogP) is 4.63. The molecule has 1 aromatic rings. The van der Waals surface area contributed by atoms with E-state index in [1.165, 1.54) is 31.5 Å². The minimum Gasteiger partial charge on any atom is -0.366 e. The van der Waals surface area contributed by atoms with Gasteiger partial charge < -0.3 is 10.6 Å². The van der Waals surface area contributed by atoms with E-state index in [1.807, 2.05) is 27.7 Å². The van der Waals surface area contributed by atoms with Crippen LogP contribution >= 0.6 is 0 Å². The zero-order valence-corrected chi connectivity index (χ0v) is 15.7. The van der Waals surface area contributed by atoms with Crippen LogP contribution in [-0.4, -0.2) is 31.4 Å². The van der Waals surface area contributed by atoms with E-state index in [1.54, 1.807) is 13.0 Å². The Bertz CT molecular complexity index is 379. The highest BCUT2D eigenvalue weighted by Crippen LogP contribution is 2.08. The van der Waals surface area contributed by atoms with Crippen molar-refractivity contribution in [2.45, 2.75) is 54.4 Å². The Labute approximate surface area is 136 Å². The number of carbonyl (C=O) groups is 1. The number of amides is 1. The second-order valence-electron chi connectivity index (χ2n) is 4.50. The van der Waals surface area contributed by atoms with Crippen LogP contribution in [0.1, 0.15) is 63.4 Å². The summed E-state index contributed by atoms with van der Waals surface area (Å²) in [4.78, 5) is 12.8. The van der Waals surface area contributed by atoms with Crippen molar-refractivity contribution in [2.24, 2.45) is 5.73 Å². The number of nitrogens with zero attached hydrogens (tertiary/aromatic N) is 1. The molecule has 0 atom stereocenters. The maximum absolute atomic E-state index is 12.7. The zero-order chi connectivity index (χ0) is 18.1. The molecule has 0 saturated carbocycles. The maximum Gasteiger partial charge on any atom is 0.251 e. The first kappa shape index (κ1) is 25.5. The molecule has 0 fully saturated rings. The fourth-order valence-electron chi connectivity index (χ4n) is 1.30. The van der Waals surface area contributed by atoms with Crippen LogP contribution in [0.2, 0.25) is 0 Å². The third-order valence-electron chi connectivity index (χ3n) is 2.35. The topological polar surface area (TPSA) is 46.3 Å². The van der Waals surface area contributed by atoms with Crippen molar-refractivity contribution >= 4 is 5.91 Å². The maximum atomic E-state index is 12.7. The van der Waals surface area contributed by atoms with E-state index in [0.717, 1.165) is 5.56 Å². The molecule has 0 unspecified atom stereocenters. The number of benzene rings is 1. The average Bonchev–Trinajstić information content (AvgIpc) is 2.52. The number of halogens is 1. The Hall–Kier alpha value is -1.42. The van der Waals surface area contributed by atoms with Crippen LogP contribution in [-0.2, 0) is 0 Å². The molecule has 130 valence electrons. The number of rotatable bonds is 4. The van der Waals surface area contributed by atoms with Gasteiger partial charge in [0, 0.05) is 0 Å². The molecule has 0 radical (unpaired) electrons. The van der Waals surface area contributed by atoms with Crippen LogP contribution in [0, 0.1) is 12.7 Å². The summed E-state index contributed by atoms with van der Waals surface area (Å²) in [6.07, 6.45) is 2.63. The molecule has 0 heterocycles. The molecule has 3 nitrogen and oxygen atoms in total. The summed E-state index contributed by atoms with van der Waals surface area (Å²) < 4.78 is 12.7. The van der Waals surface area contributed by atoms with Gasteiger partial charge in [-0.1, -0.05) is 52.7 Å². The molecule has 0 saturated heterocycles. The first-order valence-corrected chi connectivity index (χ1v) is 8.09. The van der Waals surface area contributed by atoms with Crippen LogP contribution in [0.4, 0.5) is 4.39 Å². The highest BCUT2D eigenvalue weighted by Gasteiger charge is 2.06. The molecule has 0 aliphatic rings. The molecule has 1 rings (SSSR count). The van der Waals surface area contributed by atoms with E-state index in [4.69, 9.17) is 5.73 Å². The standard InChI is InChI=1S/C8H8FNO.C6H15N.2C2H6/c1-5-2-3-7(9)6(4-5)8(10)11;1-4-5-6-7(2)3;2*1-2/h2-4H,1H3,(H2,10,11);4-6H2,1-3H3;2*1-2H3. The summed E-state index contributed by atoms with van der Waals surface area (Å²) in [7, 11) is 4.21. The van der Waals surface area contributed by atoms with Crippen molar-refractivity contribution in [3.63, 3.8) is 0 Å². The van der Waals surface area contributed by atoms with Gasteiger partial charge in [-0.05, 0) is 46.1 Å². The van der Waals surface area contributed by atoms with E-state index in [9.17, 15) is 9.18 Å². The van der Waals surface area contributed by atoms with Gasteiger partial charge in [0.1, 0.15) is 5.82 Å². The monoisotopic (exact) mass is 314 g/mol. The van der Waals surface area contributed by atoms with Gasteiger partial charge in [0.2, 0.25) is 0 Å². The molecule has 0 aliphatic carbocycles. The fourth-order valence-corrected chi connectivity index (χ4v) is 1.30. The van der Waals surface area contributed by atoms with Crippen molar-refractivity contribution in [2.75, 3.05) is 20.6 Å². The normalized spacial score (nSPS) is 8.64. The average molecular weight is 314 g/mol. The van der Waals surface area contributed by atoms with Crippen molar-refractivity contribution < 1.29 is 9.18 Å². The molecular formula is C18H35FN2O. The number of aryl methyl sites for hydroxylation is 1. The molecule has 2 N–H and O–H groups in total. The SMILES string of the molecule is CC.CC.CCCCN(C)C.Cc1ccc(F)c(C(N)=O)c1. The Kier molecular flexibility index (Phi) is 20.5. The molecule has 0 aromatic heterocycles. The van der Waals surface area contributed by atoms with Gasteiger partial charge in [-0.3, -0.25) is 4.79 Å². The summed E-state index contributed by atoms with van der Waals surface area (Å²) in [5.41, 5.74) is 5.67. The van der Waals surface area contributed by atoms with E-state index in [0.29, 0.717) is 0 Å². The van der Waals surface area contributed by atoms with Gasteiger partial charge in [0.25, 0.3) is 5.91 Å². The number of unbranched alkanes of at least 4 members (excludes halogenated alkanes) is 1. The molecule has 1 aromatic carbocycles. The minimum atomic E-state index is -0.730. The van der Waals surface area contributed by atoms with Crippen molar-refractivity contribution in [1.29, 1.82) is 0 Å². The van der Waals surface area contributed by atoms with Crippen LogP contribution in [0.3, 0.4) is 0 Å². The second-order valence-corrected chi connectivity index (χ2v) is 4.50. The summed E-state index contributed by atoms with van der Waals surface area (Å²) >= 11 is 0. The van der Waals surface area contributed by atoms with Gasteiger partial charge in [-0.2, -0.15) is 0 Å². The quantitative estimate of drug-likeness (QED) is 0.880. The van der Waals surface area contributed by atoms with Crippen LogP contribution in [0.25, 0.3) is 0 Å². The lowest BCUT2D eigenvalue weighted by atomic mass is 10.1. The zero-order valence-electron chi connectivity index (χ0n) is 15.7. The van der Waals surface area contributed by atoms with Gasteiger partial charge in [0.05, 0.1) is 5.56 Å². The number of hydrogen-bond donors (Lipinski definition) is 1. The number of carbonyl (C=O) groups excluding carboxylic acids is 1. The second kappa shape index (κ2) is 17.6. The van der Waals surface area contributed by atoms with Crippen molar-refractivity contribution in [3.8, 4) is 0 Å². The molecule has 0 spiro atoms. The Morgan fingerprint density at radius 2 is 1.68 bits per heavy atom. The van der Waals surface area contributed by atoms with E-state index >= 15 is 0 Å². The third-order valence-corrected chi connectivity index (χ3v) is 2.35. The smallest absolute Gasteiger partial charge is 0.251 e. The fraction of sp³-hybridized carbons (Fsp3) is 0.611. The van der Waals surface area contributed by atoms with E-state index in [-0.39, 0.29) is 5.56 Å². The first-order chi connectivity index (χ1) is 10.4. The highest BCUT2D eigenvalue weighted by molar-refractivity contribution is 5.93. The van der Waals surface area contributed by atoms with Gasteiger partial charge in [-0.25, -0.2) is 4.39 Å².